The van der Waals surface area contributed by atoms with Crippen molar-refractivity contribution in [2.75, 3.05) is 26.9 Å². The highest BCUT2D eigenvalue weighted by molar-refractivity contribution is 8.18. The number of benzene rings is 3. The fourth-order valence-corrected chi connectivity index (χ4v) is 4.38. The Bertz CT molecular complexity index is 1200. The smallest absolute Gasteiger partial charge is 0.293 e. The van der Waals surface area contributed by atoms with Crippen molar-refractivity contribution in [2.24, 2.45) is 0 Å². The molecule has 0 atom stereocenters. The molecule has 0 aliphatic carbocycles. The van der Waals surface area contributed by atoms with Gasteiger partial charge in [0.25, 0.3) is 11.1 Å². The summed E-state index contributed by atoms with van der Waals surface area (Å²) in [5.41, 5.74) is 0.758. The predicted molar refractivity (Wildman–Crippen MR) is 131 cm³/mol. The van der Waals surface area contributed by atoms with Crippen LogP contribution in [0, 0.1) is 0 Å². The van der Waals surface area contributed by atoms with Gasteiger partial charge in [-0.15, -0.1) is 0 Å². The molecule has 0 saturated carbocycles. The van der Waals surface area contributed by atoms with E-state index in [2.05, 4.69) is 0 Å². The number of nitrogens with zero attached hydrogens (tertiary/aromatic N) is 1. The number of fused-ring (bicyclic) bond motifs is 1. The van der Waals surface area contributed by atoms with Crippen molar-refractivity contribution in [3.8, 4) is 17.2 Å². The van der Waals surface area contributed by atoms with Crippen LogP contribution in [-0.4, -0.2) is 42.9 Å². The maximum Gasteiger partial charge on any atom is 0.293 e. The molecule has 0 aromatic heterocycles. The number of carbonyl (C=O) groups excluding carboxylic acids is 2. The topological polar surface area (TPSA) is 65.1 Å². The van der Waals surface area contributed by atoms with Crippen molar-refractivity contribution < 1.29 is 23.8 Å². The number of amides is 2. The van der Waals surface area contributed by atoms with E-state index in [1.165, 1.54) is 4.90 Å². The molecular formula is C26H25NO5S. The zero-order valence-electron chi connectivity index (χ0n) is 18.6. The molecule has 6 nitrogen and oxygen atoms in total. The summed E-state index contributed by atoms with van der Waals surface area (Å²) in [5, 5.41) is 1.77. The molecule has 1 saturated heterocycles. The molecule has 0 unspecified atom stereocenters. The summed E-state index contributed by atoms with van der Waals surface area (Å²) < 4.78 is 17.0. The van der Waals surface area contributed by atoms with Gasteiger partial charge in [-0.2, -0.15) is 0 Å². The van der Waals surface area contributed by atoms with Gasteiger partial charge in [0.05, 0.1) is 25.2 Å². The maximum atomic E-state index is 12.8. The fourth-order valence-electron chi connectivity index (χ4n) is 3.52. The van der Waals surface area contributed by atoms with Crippen LogP contribution in [0.15, 0.2) is 65.6 Å². The maximum absolute atomic E-state index is 12.8. The standard InChI is InChI=1S/C26H25NO5S/c1-3-14-31-22-12-11-18(16-23(22)30-2)17-24-25(28)27(26(29)33-24)13-15-32-21-10-6-8-19-7-4-5-9-20(19)21/h4-12,16-17H,3,13-15H2,1-2H3/b24-17-. The number of methoxy groups -OCH3 is 1. The van der Waals surface area contributed by atoms with E-state index in [-0.39, 0.29) is 24.3 Å². The number of imide groups is 1. The van der Waals surface area contributed by atoms with Crippen molar-refractivity contribution in [2.45, 2.75) is 13.3 Å². The summed E-state index contributed by atoms with van der Waals surface area (Å²) in [4.78, 5) is 26.9. The van der Waals surface area contributed by atoms with E-state index in [1.54, 1.807) is 19.3 Å². The van der Waals surface area contributed by atoms with Crippen LogP contribution >= 0.6 is 11.8 Å². The van der Waals surface area contributed by atoms with Gasteiger partial charge in [-0.25, -0.2) is 0 Å². The van der Waals surface area contributed by atoms with Gasteiger partial charge in [-0.05, 0) is 53.4 Å². The van der Waals surface area contributed by atoms with E-state index in [9.17, 15) is 9.59 Å². The van der Waals surface area contributed by atoms with Gasteiger partial charge < -0.3 is 14.2 Å². The van der Waals surface area contributed by atoms with Crippen LogP contribution in [0.5, 0.6) is 17.2 Å². The minimum atomic E-state index is -0.322. The lowest BCUT2D eigenvalue weighted by molar-refractivity contribution is -0.123. The average Bonchev–Trinajstić information content (AvgIpc) is 3.10. The number of hydrogen-bond acceptors (Lipinski definition) is 6. The molecular weight excluding hydrogens is 438 g/mol. The lowest BCUT2D eigenvalue weighted by Gasteiger charge is -2.14. The first-order valence-electron chi connectivity index (χ1n) is 10.8. The Labute approximate surface area is 197 Å². The first kappa shape index (κ1) is 22.7. The molecule has 3 aromatic rings. The van der Waals surface area contributed by atoms with E-state index in [0.29, 0.717) is 23.0 Å². The van der Waals surface area contributed by atoms with Gasteiger partial charge in [0.2, 0.25) is 0 Å². The fraction of sp³-hybridized carbons (Fsp3) is 0.231. The third-order valence-electron chi connectivity index (χ3n) is 5.14. The van der Waals surface area contributed by atoms with Crippen LogP contribution in [-0.2, 0) is 4.79 Å². The molecule has 0 N–H and O–H groups in total. The summed E-state index contributed by atoms with van der Waals surface area (Å²) in [6.07, 6.45) is 2.59. The second-order valence-electron chi connectivity index (χ2n) is 7.42. The average molecular weight is 464 g/mol. The highest BCUT2D eigenvalue weighted by Gasteiger charge is 2.34. The van der Waals surface area contributed by atoms with Crippen LogP contribution in [0.2, 0.25) is 0 Å². The summed E-state index contributed by atoms with van der Waals surface area (Å²) in [5.74, 6) is 1.64. The first-order valence-corrected chi connectivity index (χ1v) is 11.6. The van der Waals surface area contributed by atoms with E-state index in [0.717, 1.165) is 40.3 Å². The molecule has 7 heteroatoms. The molecule has 33 heavy (non-hydrogen) atoms. The molecule has 0 spiro atoms. The molecule has 170 valence electrons. The molecule has 1 aliphatic heterocycles. The Balaban J connectivity index is 1.42. The third-order valence-corrected chi connectivity index (χ3v) is 6.05. The van der Waals surface area contributed by atoms with Gasteiger partial charge in [-0.1, -0.05) is 49.4 Å². The monoisotopic (exact) mass is 463 g/mol. The highest BCUT2D eigenvalue weighted by atomic mass is 32.2. The Morgan fingerprint density at radius 1 is 0.909 bits per heavy atom. The number of carbonyl (C=O) groups is 2. The van der Waals surface area contributed by atoms with Gasteiger partial charge in [-0.3, -0.25) is 14.5 Å². The van der Waals surface area contributed by atoms with Crippen molar-refractivity contribution >= 4 is 39.8 Å². The van der Waals surface area contributed by atoms with Crippen LogP contribution in [0.4, 0.5) is 4.79 Å². The quantitative estimate of drug-likeness (QED) is 0.376. The third kappa shape index (κ3) is 5.14. The minimum Gasteiger partial charge on any atom is -0.493 e. The van der Waals surface area contributed by atoms with Crippen molar-refractivity contribution in [3.63, 3.8) is 0 Å². The Morgan fingerprint density at radius 3 is 2.52 bits per heavy atom. The molecule has 4 rings (SSSR count). The Kier molecular flexibility index (Phi) is 7.19. The minimum absolute atomic E-state index is 0.179. The Morgan fingerprint density at radius 2 is 1.70 bits per heavy atom. The number of rotatable bonds is 9. The van der Waals surface area contributed by atoms with Crippen molar-refractivity contribution in [1.29, 1.82) is 0 Å². The number of thioether (sulfide) groups is 1. The number of hydrogen-bond donors (Lipinski definition) is 0. The first-order chi connectivity index (χ1) is 16.1. The zero-order valence-corrected chi connectivity index (χ0v) is 19.4. The van der Waals surface area contributed by atoms with Crippen molar-refractivity contribution in [3.05, 3.63) is 71.1 Å². The van der Waals surface area contributed by atoms with E-state index < -0.39 is 0 Å². The molecule has 2 amide bonds. The molecule has 1 aliphatic rings. The SMILES string of the molecule is CCCOc1ccc(/C=C2\SC(=O)N(CCOc3cccc4ccccc34)C2=O)cc1OC. The summed E-state index contributed by atoms with van der Waals surface area (Å²) in [7, 11) is 1.57. The number of ether oxygens (including phenoxy) is 3. The summed E-state index contributed by atoms with van der Waals surface area (Å²) >= 11 is 0.928. The molecule has 0 bridgehead atoms. The van der Waals surface area contributed by atoms with Gasteiger partial charge in [0, 0.05) is 5.39 Å². The van der Waals surface area contributed by atoms with Crippen LogP contribution in [0.25, 0.3) is 16.8 Å². The van der Waals surface area contributed by atoms with Gasteiger partial charge >= 0.3 is 0 Å². The van der Waals surface area contributed by atoms with Crippen LogP contribution < -0.4 is 14.2 Å². The molecule has 1 heterocycles. The van der Waals surface area contributed by atoms with Gasteiger partial charge in [0.1, 0.15) is 12.4 Å². The van der Waals surface area contributed by atoms with E-state index >= 15 is 0 Å². The largest absolute Gasteiger partial charge is 0.493 e. The highest BCUT2D eigenvalue weighted by Crippen LogP contribution is 2.34. The van der Waals surface area contributed by atoms with E-state index in [1.807, 2.05) is 61.5 Å². The van der Waals surface area contributed by atoms with Crippen molar-refractivity contribution in [1.82, 2.24) is 4.90 Å². The predicted octanol–water partition coefficient (Wildman–Crippen LogP) is 5.75. The van der Waals surface area contributed by atoms with Crippen LogP contribution in [0.1, 0.15) is 18.9 Å². The lowest BCUT2D eigenvalue weighted by atomic mass is 10.1. The second-order valence-corrected chi connectivity index (χ2v) is 8.41. The summed E-state index contributed by atoms with van der Waals surface area (Å²) in [6, 6.07) is 19.2. The summed E-state index contributed by atoms with van der Waals surface area (Å²) in [6.45, 7) is 3.02. The normalized spacial score (nSPS) is 14.8. The van der Waals surface area contributed by atoms with Gasteiger partial charge in [0.15, 0.2) is 11.5 Å². The molecule has 3 aromatic carbocycles. The molecule has 0 radical (unpaired) electrons. The molecule has 1 fully saturated rings. The lowest BCUT2D eigenvalue weighted by Crippen LogP contribution is -2.32. The Hall–Kier alpha value is -3.45. The van der Waals surface area contributed by atoms with Crippen LogP contribution in [0.3, 0.4) is 0 Å². The second kappa shape index (κ2) is 10.4. The zero-order chi connectivity index (χ0) is 23.2. The van der Waals surface area contributed by atoms with E-state index in [4.69, 9.17) is 14.2 Å².